The van der Waals surface area contributed by atoms with Gasteiger partial charge in [0.05, 0.1) is 13.2 Å². The summed E-state index contributed by atoms with van der Waals surface area (Å²) in [6, 6.07) is 7.81. The SMILES string of the molecule is O=C(OCc1ccccc1)[NH+]([O-])C(CO)CO. The van der Waals surface area contributed by atoms with E-state index < -0.39 is 30.4 Å². The van der Waals surface area contributed by atoms with Crippen LogP contribution < -0.4 is 5.06 Å². The van der Waals surface area contributed by atoms with Gasteiger partial charge >= 0.3 is 6.09 Å². The van der Waals surface area contributed by atoms with Gasteiger partial charge in [0.15, 0.2) is 0 Å². The Kier molecular flexibility index (Phi) is 5.58. The molecule has 0 aromatic heterocycles. The van der Waals surface area contributed by atoms with Crippen molar-refractivity contribution in [2.24, 2.45) is 0 Å². The summed E-state index contributed by atoms with van der Waals surface area (Å²) in [4.78, 5) is 11.3. The average molecular weight is 241 g/mol. The van der Waals surface area contributed by atoms with Crippen LogP contribution in [0.3, 0.4) is 0 Å². The van der Waals surface area contributed by atoms with Crippen molar-refractivity contribution in [2.45, 2.75) is 12.6 Å². The van der Waals surface area contributed by atoms with Gasteiger partial charge < -0.3 is 20.2 Å². The molecular weight excluding hydrogens is 226 g/mol. The third-order valence-electron chi connectivity index (χ3n) is 2.23. The molecule has 0 aliphatic carbocycles. The average Bonchev–Trinajstić information content (AvgIpc) is 2.38. The first-order chi connectivity index (χ1) is 8.19. The number of ether oxygens (including phenoxy) is 1. The fourth-order valence-electron chi connectivity index (χ4n) is 1.18. The van der Waals surface area contributed by atoms with E-state index in [1.165, 1.54) is 0 Å². The van der Waals surface area contributed by atoms with E-state index in [1.54, 1.807) is 24.3 Å². The number of amides is 1. The maximum Gasteiger partial charge on any atom is 0.515 e. The molecule has 0 fully saturated rings. The Morgan fingerprint density at radius 3 is 2.41 bits per heavy atom. The van der Waals surface area contributed by atoms with Crippen LogP contribution in [0.15, 0.2) is 30.3 Å². The molecule has 0 aliphatic rings. The van der Waals surface area contributed by atoms with Crippen LogP contribution in [0.25, 0.3) is 0 Å². The summed E-state index contributed by atoms with van der Waals surface area (Å²) in [7, 11) is 0. The van der Waals surface area contributed by atoms with Gasteiger partial charge in [-0.15, -0.1) is 0 Å². The first-order valence-corrected chi connectivity index (χ1v) is 5.15. The van der Waals surface area contributed by atoms with Crippen LogP contribution in [0, 0.1) is 5.21 Å². The van der Waals surface area contributed by atoms with Gasteiger partial charge in [-0.05, 0) is 5.56 Å². The van der Waals surface area contributed by atoms with E-state index in [2.05, 4.69) is 0 Å². The van der Waals surface area contributed by atoms with Crippen molar-refractivity contribution in [3.8, 4) is 0 Å². The molecular formula is C11H15NO5. The fraction of sp³-hybridized carbons (Fsp3) is 0.364. The normalized spacial score (nSPS) is 12.5. The van der Waals surface area contributed by atoms with Gasteiger partial charge in [-0.2, -0.15) is 4.79 Å². The van der Waals surface area contributed by atoms with Crippen molar-refractivity contribution in [1.29, 1.82) is 0 Å². The van der Waals surface area contributed by atoms with Gasteiger partial charge in [-0.25, -0.2) is 0 Å². The zero-order chi connectivity index (χ0) is 12.7. The molecule has 0 bridgehead atoms. The van der Waals surface area contributed by atoms with Crippen LogP contribution in [0.4, 0.5) is 4.79 Å². The first kappa shape index (κ1) is 13.6. The molecule has 0 aliphatic heterocycles. The molecule has 1 atom stereocenters. The van der Waals surface area contributed by atoms with Gasteiger partial charge in [-0.3, -0.25) is 5.06 Å². The summed E-state index contributed by atoms with van der Waals surface area (Å²) in [5, 5.41) is 27.9. The lowest BCUT2D eigenvalue weighted by Gasteiger charge is -2.24. The number of aliphatic hydroxyl groups excluding tert-OH is 2. The van der Waals surface area contributed by atoms with E-state index in [1.807, 2.05) is 6.07 Å². The van der Waals surface area contributed by atoms with Gasteiger partial charge in [0.25, 0.3) is 0 Å². The number of carbonyl (C=O) groups is 1. The fourth-order valence-corrected chi connectivity index (χ4v) is 1.18. The molecule has 0 saturated heterocycles. The standard InChI is InChI=1S/C11H15NO5/c13-6-10(7-14)12(16)11(15)17-8-9-4-2-1-3-5-9/h1-5,10,12-14H,6-8H2. The van der Waals surface area contributed by atoms with Crippen molar-refractivity contribution in [3.05, 3.63) is 41.1 Å². The van der Waals surface area contributed by atoms with Crippen molar-refractivity contribution in [2.75, 3.05) is 13.2 Å². The van der Waals surface area contributed by atoms with E-state index >= 15 is 0 Å². The molecule has 1 aromatic rings. The summed E-state index contributed by atoms with van der Waals surface area (Å²) >= 11 is 0. The quantitative estimate of drug-likeness (QED) is 0.578. The zero-order valence-electron chi connectivity index (χ0n) is 9.20. The van der Waals surface area contributed by atoms with Gasteiger partial charge in [0, 0.05) is 0 Å². The number of hydrogen-bond donors (Lipinski definition) is 3. The van der Waals surface area contributed by atoms with Crippen LogP contribution in [0.1, 0.15) is 5.56 Å². The largest absolute Gasteiger partial charge is 0.624 e. The van der Waals surface area contributed by atoms with Gasteiger partial charge in [-0.1, -0.05) is 30.3 Å². The van der Waals surface area contributed by atoms with Crippen molar-refractivity contribution in [3.63, 3.8) is 0 Å². The highest BCUT2D eigenvalue weighted by molar-refractivity contribution is 5.57. The minimum Gasteiger partial charge on any atom is -0.624 e. The predicted molar refractivity (Wildman–Crippen MR) is 58.9 cm³/mol. The number of nitrogens with one attached hydrogen (secondary N) is 1. The summed E-state index contributed by atoms with van der Waals surface area (Å²) < 4.78 is 4.76. The second-order valence-electron chi connectivity index (χ2n) is 3.49. The second kappa shape index (κ2) is 6.97. The molecule has 3 N–H and O–H groups in total. The maximum atomic E-state index is 11.3. The third-order valence-corrected chi connectivity index (χ3v) is 2.23. The van der Waals surface area contributed by atoms with Crippen molar-refractivity contribution >= 4 is 6.09 Å². The molecule has 0 saturated carbocycles. The van der Waals surface area contributed by atoms with Crippen LogP contribution >= 0.6 is 0 Å². The molecule has 6 heteroatoms. The zero-order valence-corrected chi connectivity index (χ0v) is 9.20. The van der Waals surface area contributed by atoms with E-state index in [0.29, 0.717) is 0 Å². The monoisotopic (exact) mass is 241 g/mol. The number of benzene rings is 1. The Bertz CT molecular complexity index is 339. The Morgan fingerprint density at radius 1 is 1.29 bits per heavy atom. The third kappa shape index (κ3) is 4.12. The van der Waals surface area contributed by atoms with Crippen LogP contribution in [-0.2, 0) is 11.3 Å². The topological polar surface area (TPSA) is 94.3 Å². The highest BCUT2D eigenvalue weighted by Gasteiger charge is 2.22. The lowest BCUT2D eigenvalue weighted by atomic mass is 10.2. The second-order valence-corrected chi connectivity index (χ2v) is 3.49. The molecule has 1 aromatic carbocycles. The molecule has 94 valence electrons. The molecule has 6 nitrogen and oxygen atoms in total. The van der Waals surface area contributed by atoms with Crippen LogP contribution in [0.2, 0.25) is 0 Å². The molecule has 0 heterocycles. The van der Waals surface area contributed by atoms with E-state index in [9.17, 15) is 10.0 Å². The van der Waals surface area contributed by atoms with Crippen LogP contribution in [-0.4, -0.2) is 35.6 Å². The Morgan fingerprint density at radius 2 is 1.88 bits per heavy atom. The maximum absolute atomic E-state index is 11.3. The van der Waals surface area contributed by atoms with E-state index in [0.717, 1.165) is 5.56 Å². The molecule has 1 unspecified atom stereocenters. The number of rotatable bonds is 5. The number of alkyl carbamates (subject to hydrolysis) is 1. The minimum absolute atomic E-state index is 0.00497. The lowest BCUT2D eigenvalue weighted by Crippen LogP contribution is -3.15. The number of hydroxylamine groups is 2. The smallest absolute Gasteiger partial charge is 0.515 e. The minimum atomic E-state index is -1.10. The van der Waals surface area contributed by atoms with E-state index in [4.69, 9.17) is 14.9 Å². The summed E-state index contributed by atoms with van der Waals surface area (Å²) in [6.07, 6.45) is -1.04. The number of carbonyl (C=O) groups excluding carboxylic acids is 1. The molecule has 1 amide bonds. The van der Waals surface area contributed by atoms with Crippen molar-refractivity contribution < 1.29 is 24.8 Å². The highest BCUT2D eigenvalue weighted by atomic mass is 16.6. The van der Waals surface area contributed by atoms with E-state index in [-0.39, 0.29) is 6.61 Å². The van der Waals surface area contributed by atoms with Gasteiger partial charge in [0.1, 0.15) is 12.6 Å². The predicted octanol–water partition coefficient (Wildman–Crippen LogP) is -0.941. The molecule has 0 radical (unpaired) electrons. The Labute approximate surface area is 98.6 Å². The lowest BCUT2D eigenvalue weighted by molar-refractivity contribution is -0.801. The Hall–Kier alpha value is -1.47. The first-order valence-electron chi connectivity index (χ1n) is 5.15. The summed E-state index contributed by atoms with van der Waals surface area (Å²) in [6.45, 7) is -1.15. The Balaban J connectivity index is 2.44. The number of quaternary nitrogens is 1. The van der Waals surface area contributed by atoms with Crippen LogP contribution in [0.5, 0.6) is 0 Å². The van der Waals surface area contributed by atoms with Gasteiger partial charge in [0.2, 0.25) is 0 Å². The highest BCUT2D eigenvalue weighted by Crippen LogP contribution is 1.99. The summed E-state index contributed by atoms with van der Waals surface area (Å²) in [5.41, 5.74) is 0.762. The number of hydrogen-bond acceptors (Lipinski definition) is 5. The molecule has 0 spiro atoms. The van der Waals surface area contributed by atoms with Crippen molar-refractivity contribution in [1.82, 2.24) is 0 Å². The summed E-state index contributed by atoms with van der Waals surface area (Å²) in [5.74, 6) is 0. The number of aliphatic hydroxyl groups is 2. The molecule has 17 heavy (non-hydrogen) atoms. The molecule has 1 rings (SSSR count).